The Labute approximate surface area is 167 Å². The first-order valence-electron chi connectivity index (χ1n) is 8.96. The largest absolute Gasteiger partial charge is 0.357 e. The molecule has 1 fully saturated rings. The molecule has 1 aromatic rings. The Balaban J connectivity index is 0.00000288. The van der Waals surface area contributed by atoms with Gasteiger partial charge in [0.05, 0.1) is 17.2 Å². The number of likely N-dealkylation sites (tertiary alicyclic amines) is 1. The minimum Gasteiger partial charge on any atom is -0.357 e. The summed E-state index contributed by atoms with van der Waals surface area (Å²) in [7, 11) is 0. The Morgan fingerprint density at radius 3 is 2.88 bits per heavy atom. The van der Waals surface area contributed by atoms with Gasteiger partial charge in [0.15, 0.2) is 5.96 Å². The van der Waals surface area contributed by atoms with E-state index in [1.54, 1.807) is 11.3 Å². The summed E-state index contributed by atoms with van der Waals surface area (Å²) in [6, 6.07) is 0.612. The Kier molecular flexibility index (Phi) is 10.8. The monoisotopic (exact) mass is 465 g/mol. The third-order valence-electron chi connectivity index (χ3n) is 4.28. The van der Waals surface area contributed by atoms with Gasteiger partial charge in [-0.25, -0.2) is 4.98 Å². The minimum absolute atomic E-state index is 0. The van der Waals surface area contributed by atoms with E-state index in [0.717, 1.165) is 45.0 Å². The highest BCUT2D eigenvalue weighted by Gasteiger charge is 2.22. The lowest BCUT2D eigenvalue weighted by Gasteiger charge is -2.21. The highest BCUT2D eigenvalue weighted by Crippen LogP contribution is 2.16. The van der Waals surface area contributed by atoms with Gasteiger partial charge >= 0.3 is 0 Å². The van der Waals surface area contributed by atoms with E-state index in [2.05, 4.69) is 46.7 Å². The Morgan fingerprint density at radius 2 is 2.21 bits per heavy atom. The molecule has 0 aliphatic carbocycles. The van der Waals surface area contributed by atoms with Gasteiger partial charge in [0, 0.05) is 30.9 Å². The topological polar surface area (TPSA) is 52.6 Å². The number of nitrogens with one attached hydrogen (secondary N) is 2. The molecule has 1 unspecified atom stereocenters. The molecule has 0 aromatic carbocycles. The normalized spacial score (nSPS) is 18.5. The van der Waals surface area contributed by atoms with Gasteiger partial charge in [-0.3, -0.25) is 9.89 Å². The molecule has 7 heteroatoms. The molecule has 138 valence electrons. The Morgan fingerprint density at radius 1 is 1.38 bits per heavy atom. The van der Waals surface area contributed by atoms with Crippen molar-refractivity contribution < 1.29 is 0 Å². The van der Waals surface area contributed by atoms with E-state index in [0.29, 0.717) is 6.04 Å². The summed E-state index contributed by atoms with van der Waals surface area (Å²) in [4.78, 5) is 11.9. The fourth-order valence-corrected chi connectivity index (χ4v) is 3.77. The van der Waals surface area contributed by atoms with E-state index < -0.39 is 0 Å². The quantitative estimate of drug-likeness (QED) is 0.352. The second-order valence-electron chi connectivity index (χ2n) is 5.91. The van der Waals surface area contributed by atoms with E-state index >= 15 is 0 Å². The van der Waals surface area contributed by atoms with Crippen molar-refractivity contribution >= 4 is 41.3 Å². The lowest BCUT2D eigenvalue weighted by molar-refractivity contribution is 0.273. The number of rotatable bonds is 8. The van der Waals surface area contributed by atoms with Crippen LogP contribution >= 0.6 is 35.3 Å². The summed E-state index contributed by atoms with van der Waals surface area (Å²) < 4.78 is 0. The fourth-order valence-electron chi connectivity index (χ4n) is 2.99. The standard InChI is InChI=1S/C17H31N5S.HI/c1-4-16-21-14(13-23-16)9-10-19-17(18-5-2)20-12-15-8-7-11-22(15)6-3;/h13,15H,4-12H2,1-3H3,(H2,18,19,20);1H. The molecular weight excluding hydrogens is 433 g/mol. The summed E-state index contributed by atoms with van der Waals surface area (Å²) in [6.07, 6.45) is 4.56. The average Bonchev–Trinajstić information content (AvgIpc) is 3.21. The van der Waals surface area contributed by atoms with Gasteiger partial charge in [-0.05, 0) is 39.3 Å². The maximum absolute atomic E-state index is 4.78. The molecule has 2 heterocycles. The lowest BCUT2D eigenvalue weighted by Crippen LogP contribution is -2.40. The number of nitrogens with zero attached hydrogens (tertiary/aromatic N) is 3. The number of hydrogen-bond donors (Lipinski definition) is 2. The number of likely N-dealkylation sites (N-methyl/N-ethyl adjacent to an activating group) is 1. The Hall–Kier alpha value is -0.410. The van der Waals surface area contributed by atoms with Crippen molar-refractivity contribution in [1.29, 1.82) is 0 Å². The van der Waals surface area contributed by atoms with Crippen LogP contribution in [0, 0.1) is 0 Å². The highest BCUT2D eigenvalue weighted by atomic mass is 127. The highest BCUT2D eigenvalue weighted by molar-refractivity contribution is 14.0. The summed E-state index contributed by atoms with van der Waals surface area (Å²) in [5.74, 6) is 0.932. The van der Waals surface area contributed by atoms with Gasteiger partial charge < -0.3 is 10.6 Å². The summed E-state index contributed by atoms with van der Waals surface area (Å²) in [5, 5.41) is 10.2. The van der Waals surface area contributed by atoms with Crippen LogP contribution < -0.4 is 10.6 Å². The third-order valence-corrected chi connectivity index (χ3v) is 5.33. The molecule has 2 rings (SSSR count). The molecule has 0 radical (unpaired) electrons. The van der Waals surface area contributed by atoms with E-state index in [-0.39, 0.29) is 24.0 Å². The lowest BCUT2D eigenvalue weighted by atomic mass is 10.2. The predicted molar refractivity (Wildman–Crippen MR) is 115 cm³/mol. The number of aromatic nitrogens is 1. The van der Waals surface area contributed by atoms with Crippen molar-refractivity contribution in [3.63, 3.8) is 0 Å². The molecule has 24 heavy (non-hydrogen) atoms. The number of hydrogen-bond acceptors (Lipinski definition) is 4. The van der Waals surface area contributed by atoms with E-state index in [1.165, 1.54) is 30.1 Å². The number of guanidine groups is 1. The molecule has 1 saturated heterocycles. The SMILES string of the molecule is CCNC(=NCC1CCCN1CC)NCCc1csc(CC)n1.I. The summed E-state index contributed by atoms with van der Waals surface area (Å²) in [6.45, 7) is 11.5. The van der Waals surface area contributed by atoms with Crippen molar-refractivity contribution in [3.05, 3.63) is 16.1 Å². The van der Waals surface area contributed by atoms with Gasteiger partial charge in [-0.2, -0.15) is 0 Å². The predicted octanol–water partition coefficient (Wildman–Crippen LogP) is 2.91. The molecule has 0 spiro atoms. The molecule has 1 atom stereocenters. The van der Waals surface area contributed by atoms with Crippen LogP contribution in [0.3, 0.4) is 0 Å². The number of aliphatic imine (C=N–C) groups is 1. The zero-order valence-corrected chi connectivity index (χ0v) is 18.3. The van der Waals surface area contributed by atoms with E-state index in [1.807, 2.05) is 0 Å². The van der Waals surface area contributed by atoms with Crippen LogP contribution in [0.4, 0.5) is 0 Å². The maximum Gasteiger partial charge on any atom is 0.191 e. The van der Waals surface area contributed by atoms with Crippen molar-refractivity contribution in [2.45, 2.75) is 52.5 Å². The fraction of sp³-hybridized carbons (Fsp3) is 0.765. The van der Waals surface area contributed by atoms with Gasteiger partial charge in [0.25, 0.3) is 0 Å². The zero-order valence-electron chi connectivity index (χ0n) is 15.2. The first-order valence-corrected chi connectivity index (χ1v) is 9.84. The number of halogens is 1. The average molecular weight is 465 g/mol. The van der Waals surface area contributed by atoms with Crippen LogP contribution in [-0.4, -0.2) is 54.6 Å². The molecule has 1 aromatic heterocycles. The molecule has 0 amide bonds. The van der Waals surface area contributed by atoms with Gasteiger partial charge in [0.1, 0.15) is 0 Å². The second-order valence-corrected chi connectivity index (χ2v) is 6.85. The van der Waals surface area contributed by atoms with Crippen LogP contribution in [0.5, 0.6) is 0 Å². The van der Waals surface area contributed by atoms with Gasteiger partial charge in [-0.1, -0.05) is 13.8 Å². The smallest absolute Gasteiger partial charge is 0.191 e. The molecule has 0 saturated carbocycles. The van der Waals surface area contributed by atoms with Crippen molar-refractivity contribution in [2.24, 2.45) is 4.99 Å². The number of aryl methyl sites for hydroxylation is 1. The third kappa shape index (κ3) is 6.84. The molecule has 2 N–H and O–H groups in total. The van der Waals surface area contributed by atoms with Crippen molar-refractivity contribution in [2.75, 3.05) is 32.7 Å². The van der Waals surface area contributed by atoms with Crippen molar-refractivity contribution in [3.8, 4) is 0 Å². The molecule has 0 bridgehead atoms. The first-order chi connectivity index (χ1) is 11.3. The van der Waals surface area contributed by atoms with Crippen LogP contribution in [0.15, 0.2) is 10.4 Å². The summed E-state index contributed by atoms with van der Waals surface area (Å²) in [5.41, 5.74) is 1.18. The molecule has 5 nitrogen and oxygen atoms in total. The molecule has 1 aliphatic heterocycles. The summed E-state index contributed by atoms with van der Waals surface area (Å²) >= 11 is 1.76. The number of thiazole rings is 1. The second kappa shape index (κ2) is 12.0. The van der Waals surface area contributed by atoms with E-state index in [4.69, 9.17) is 4.99 Å². The molecule has 1 aliphatic rings. The Bertz CT molecular complexity index is 491. The first kappa shape index (κ1) is 21.6. The van der Waals surface area contributed by atoms with Crippen LogP contribution in [0.2, 0.25) is 0 Å². The van der Waals surface area contributed by atoms with Crippen LogP contribution in [0.25, 0.3) is 0 Å². The van der Waals surface area contributed by atoms with Crippen LogP contribution in [0.1, 0.15) is 44.3 Å². The molecular formula is C17H32IN5S. The minimum atomic E-state index is 0. The zero-order chi connectivity index (χ0) is 16.5. The van der Waals surface area contributed by atoms with Crippen LogP contribution in [-0.2, 0) is 12.8 Å². The van der Waals surface area contributed by atoms with Gasteiger partial charge in [0.2, 0.25) is 0 Å². The van der Waals surface area contributed by atoms with Crippen molar-refractivity contribution in [1.82, 2.24) is 20.5 Å². The van der Waals surface area contributed by atoms with E-state index in [9.17, 15) is 0 Å². The van der Waals surface area contributed by atoms with Gasteiger partial charge in [-0.15, -0.1) is 35.3 Å². The maximum atomic E-state index is 4.78.